The van der Waals surface area contributed by atoms with Gasteiger partial charge >= 0.3 is 0 Å². The van der Waals surface area contributed by atoms with E-state index in [0.29, 0.717) is 5.92 Å². The molecule has 104 valence electrons. The molecule has 1 aliphatic rings. The van der Waals surface area contributed by atoms with E-state index in [1.54, 1.807) is 0 Å². The summed E-state index contributed by atoms with van der Waals surface area (Å²) in [6.45, 7) is 2.21. The summed E-state index contributed by atoms with van der Waals surface area (Å²) < 4.78 is 0. The molecular weight excluding hydrogens is 246 g/mol. The molecule has 3 heteroatoms. The average molecular weight is 267 g/mol. The minimum Gasteiger partial charge on any atom is -0.373 e. The second-order valence-corrected chi connectivity index (χ2v) is 5.47. The van der Waals surface area contributed by atoms with Crippen LogP contribution >= 0.6 is 0 Å². The van der Waals surface area contributed by atoms with Crippen LogP contribution in [-0.2, 0) is 6.42 Å². The maximum atomic E-state index is 4.74. The van der Waals surface area contributed by atoms with E-state index in [-0.39, 0.29) is 0 Å². The molecule has 1 saturated carbocycles. The topological polar surface area (TPSA) is 37.8 Å². The molecule has 0 spiro atoms. The molecule has 3 nitrogen and oxygen atoms in total. The van der Waals surface area contributed by atoms with Gasteiger partial charge in [-0.3, -0.25) is 0 Å². The molecule has 20 heavy (non-hydrogen) atoms. The van der Waals surface area contributed by atoms with Crippen molar-refractivity contribution in [3.8, 4) is 11.3 Å². The molecule has 1 N–H and O–H groups in total. The molecule has 2 aromatic rings. The van der Waals surface area contributed by atoms with Crippen molar-refractivity contribution in [2.24, 2.45) is 0 Å². The molecule has 0 saturated heterocycles. The first kappa shape index (κ1) is 13.1. The Labute approximate surface area is 120 Å². The van der Waals surface area contributed by atoms with Crippen LogP contribution in [0.5, 0.6) is 0 Å². The van der Waals surface area contributed by atoms with Crippen molar-refractivity contribution in [3.63, 3.8) is 0 Å². The zero-order chi connectivity index (χ0) is 13.9. The number of anilines is 1. The molecule has 0 aliphatic heterocycles. The lowest BCUT2D eigenvalue weighted by atomic mass is 10.1. The van der Waals surface area contributed by atoms with Gasteiger partial charge in [-0.05, 0) is 24.8 Å². The number of nitrogens with one attached hydrogen (secondary N) is 1. The quantitative estimate of drug-likeness (QED) is 0.889. The Morgan fingerprint density at radius 3 is 2.50 bits per heavy atom. The number of hydrogen-bond donors (Lipinski definition) is 1. The monoisotopic (exact) mass is 267 g/mol. The van der Waals surface area contributed by atoms with E-state index in [0.717, 1.165) is 23.8 Å². The lowest BCUT2D eigenvalue weighted by Crippen LogP contribution is -2.00. The molecule has 3 rings (SSSR count). The zero-order valence-corrected chi connectivity index (χ0v) is 12.2. The molecule has 1 aromatic carbocycles. The molecule has 0 amide bonds. The molecule has 1 fully saturated rings. The molecule has 1 heterocycles. The lowest BCUT2D eigenvalue weighted by molar-refractivity contribution is 0.920. The summed E-state index contributed by atoms with van der Waals surface area (Å²) >= 11 is 0. The van der Waals surface area contributed by atoms with Crippen LogP contribution in [0.1, 0.15) is 43.5 Å². The van der Waals surface area contributed by atoms with Crippen LogP contribution in [0.2, 0.25) is 0 Å². The van der Waals surface area contributed by atoms with E-state index in [1.165, 1.54) is 30.4 Å². The van der Waals surface area contributed by atoms with Crippen LogP contribution in [0, 0.1) is 0 Å². The van der Waals surface area contributed by atoms with E-state index >= 15 is 0 Å². The first-order valence-corrected chi connectivity index (χ1v) is 7.46. The van der Waals surface area contributed by atoms with Gasteiger partial charge in [-0.1, -0.05) is 37.6 Å². The fourth-order valence-electron chi connectivity index (χ4n) is 2.40. The van der Waals surface area contributed by atoms with Gasteiger partial charge in [0.1, 0.15) is 11.6 Å². The number of aryl methyl sites for hydroxylation is 1. The number of hydrogen-bond acceptors (Lipinski definition) is 3. The molecule has 1 aromatic heterocycles. The van der Waals surface area contributed by atoms with E-state index in [4.69, 9.17) is 4.98 Å². The van der Waals surface area contributed by atoms with Crippen LogP contribution < -0.4 is 5.32 Å². The molecular formula is C17H21N3. The van der Waals surface area contributed by atoms with Crippen molar-refractivity contribution in [1.82, 2.24) is 9.97 Å². The van der Waals surface area contributed by atoms with Crippen molar-refractivity contribution >= 4 is 5.82 Å². The minimum atomic E-state index is 0.571. The highest BCUT2D eigenvalue weighted by molar-refractivity contribution is 5.63. The van der Waals surface area contributed by atoms with E-state index in [1.807, 2.05) is 13.1 Å². The van der Waals surface area contributed by atoms with Gasteiger partial charge in [0.2, 0.25) is 0 Å². The third-order valence-electron chi connectivity index (χ3n) is 3.73. The van der Waals surface area contributed by atoms with Crippen LogP contribution in [0.25, 0.3) is 11.3 Å². The highest BCUT2D eigenvalue weighted by atomic mass is 15.0. The molecule has 0 radical (unpaired) electrons. The molecule has 0 unspecified atom stereocenters. The number of rotatable bonds is 5. The molecule has 1 aliphatic carbocycles. The van der Waals surface area contributed by atoms with Crippen LogP contribution in [-0.4, -0.2) is 17.0 Å². The number of aromatic nitrogens is 2. The predicted molar refractivity (Wildman–Crippen MR) is 83.0 cm³/mol. The van der Waals surface area contributed by atoms with E-state index in [2.05, 4.69) is 41.5 Å². The Hall–Kier alpha value is -1.90. The third kappa shape index (κ3) is 2.82. The summed E-state index contributed by atoms with van der Waals surface area (Å²) in [6, 6.07) is 10.8. The predicted octanol–water partition coefficient (Wildman–Crippen LogP) is 4.02. The first-order chi connectivity index (χ1) is 9.80. The number of nitrogens with zero attached hydrogens (tertiary/aromatic N) is 2. The highest BCUT2D eigenvalue weighted by Crippen LogP contribution is 2.39. The van der Waals surface area contributed by atoms with Gasteiger partial charge in [0.05, 0.1) is 5.69 Å². The SMILES string of the molecule is CCCc1ccc(-c2cc(NC)nc(C3CC3)n2)cc1. The summed E-state index contributed by atoms with van der Waals surface area (Å²) in [7, 11) is 1.91. The summed E-state index contributed by atoms with van der Waals surface area (Å²) in [4.78, 5) is 9.30. The zero-order valence-electron chi connectivity index (χ0n) is 12.2. The van der Waals surface area contributed by atoms with Crippen LogP contribution in [0.15, 0.2) is 30.3 Å². The van der Waals surface area contributed by atoms with Gasteiger partial charge in [-0.15, -0.1) is 0 Å². The van der Waals surface area contributed by atoms with Gasteiger partial charge in [0.15, 0.2) is 0 Å². The fraction of sp³-hybridized carbons (Fsp3) is 0.412. The summed E-state index contributed by atoms with van der Waals surface area (Å²) in [5.41, 5.74) is 3.58. The van der Waals surface area contributed by atoms with Gasteiger partial charge in [-0.25, -0.2) is 9.97 Å². The van der Waals surface area contributed by atoms with Crippen molar-refractivity contribution in [3.05, 3.63) is 41.7 Å². The molecule has 0 bridgehead atoms. The van der Waals surface area contributed by atoms with Crippen molar-refractivity contribution in [1.29, 1.82) is 0 Å². The fourth-order valence-corrected chi connectivity index (χ4v) is 2.40. The van der Waals surface area contributed by atoms with Gasteiger partial charge in [0.25, 0.3) is 0 Å². The molecule has 0 atom stereocenters. The van der Waals surface area contributed by atoms with E-state index < -0.39 is 0 Å². The van der Waals surface area contributed by atoms with Crippen LogP contribution in [0.4, 0.5) is 5.82 Å². The maximum Gasteiger partial charge on any atom is 0.134 e. The first-order valence-electron chi connectivity index (χ1n) is 7.46. The summed E-state index contributed by atoms with van der Waals surface area (Å²) in [6.07, 6.45) is 4.77. The van der Waals surface area contributed by atoms with Crippen LogP contribution in [0.3, 0.4) is 0 Å². The second-order valence-electron chi connectivity index (χ2n) is 5.47. The van der Waals surface area contributed by atoms with Gasteiger partial charge in [0, 0.05) is 24.6 Å². The highest BCUT2D eigenvalue weighted by Gasteiger charge is 2.27. The largest absolute Gasteiger partial charge is 0.373 e. The third-order valence-corrected chi connectivity index (χ3v) is 3.73. The Kier molecular flexibility index (Phi) is 3.68. The normalized spacial score (nSPS) is 14.3. The maximum absolute atomic E-state index is 4.74. The lowest BCUT2D eigenvalue weighted by Gasteiger charge is -2.08. The van der Waals surface area contributed by atoms with E-state index in [9.17, 15) is 0 Å². The summed E-state index contributed by atoms with van der Waals surface area (Å²) in [5, 5.41) is 3.14. The number of benzene rings is 1. The van der Waals surface area contributed by atoms with Gasteiger partial charge < -0.3 is 5.32 Å². The summed E-state index contributed by atoms with van der Waals surface area (Å²) in [5.74, 6) is 2.47. The van der Waals surface area contributed by atoms with Crippen molar-refractivity contribution in [2.45, 2.75) is 38.5 Å². The standard InChI is InChI=1S/C17H21N3/c1-3-4-12-5-7-13(8-6-12)15-11-16(18-2)20-17(19-15)14-9-10-14/h5-8,11,14H,3-4,9-10H2,1-2H3,(H,18,19,20). The smallest absolute Gasteiger partial charge is 0.134 e. The van der Waals surface area contributed by atoms with Crippen molar-refractivity contribution < 1.29 is 0 Å². The Bertz CT molecular complexity index is 586. The average Bonchev–Trinajstić information content (AvgIpc) is 3.32. The van der Waals surface area contributed by atoms with Gasteiger partial charge in [-0.2, -0.15) is 0 Å². The minimum absolute atomic E-state index is 0.571. The Morgan fingerprint density at radius 2 is 1.90 bits per heavy atom. The second kappa shape index (κ2) is 5.61. The van der Waals surface area contributed by atoms with Crippen molar-refractivity contribution in [2.75, 3.05) is 12.4 Å². The Morgan fingerprint density at radius 1 is 1.15 bits per heavy atom. The Balaban J connectivity index is 1.93.